The molecule has 0 saturated carbocycles. The maximum atomic E-state index is 5.65. The molecule has 0 N–H and O–H groups in total. The Labute approximate surface area is 136 Å². The molecule has 1 heterocycles. The van der Waals surface area contributed by atoms with Crippen molar-refractivity contribution in [2.45, 2.75) is 25.4 Å². The average molecular weight is 304 g/mol. The SMILES string of the molecule is CN(Cc1coc(-c2ccccc2)n1)C1CCc2ccccc21. The second kappa shape index (κ2) is 6.01. The molecule has 0 saturated heterocycles. The number of rotatable bonds is 4. The van der Waals surface area contributed by atoms with E-state index in [1.54, 1.807) is 6.26 Å². The zero-order valence-electron chi connectivity index (χ0n) is 13.3. The van der Waals surface area contributed by atoms with Gasteiger partial charge in [-0.25, -0.2) is 4.98 Å². The van der Waals surface area contributed by atoms with Gasteiger partial charge in [-0.3, -0.25) is 4.90 Å². The number of fused-ring (bicyclic) bond motifs is 1. The molecule has 0 bridgehead atoms. The molecule has 0 amide bonds. The van der Waals surface area contributed by atoms with Crippen molar-refractivity contribution >= 4 is 0 Å². The molecule has 0 radical (unpaired) electrons. The predicted octanol–water partition coefficient (Wildman–Crippen LogP) is 4.46. The molecule has 1 aliphatic carbocycles. The van der Waals surface area contributed by atoms with Crippen molar-refractivity contribution in [2.75, 3.05) is 7.05 Å². The fourth-order valence-corrected chi connectivity index (χ4v) is 3.45. The summed E-state index contributed by atoms with van der Waals surface area (Å²) in [5, 5.41) is 0. The highest BCUT2D eigenvalue weighted by Gasteiger charge is 2.25. The Morgan fingerprint density at radius 1 is 1.09 bits per heavy atom. The Hall–Kier alpha value is -2.39. The zero-order chi connectivity index (χ0) is 15.6. The molecule has 23 heavy (non-hydrogen) atoms. The first-order chi connectivity index (χ1) is 11.3. The van der Waals surface area contributed by atoms with Gasteiger partial charge in [0, 0.05) is 18.2 Å². The third-order valence-corrected chi connectivity index (χ3v) is 4.62. The molecule has 1 unspecified atom stereocenters. The van der Waals surface area contributed by atoms with E-state index in [2.05, 4.69) is 41.2 Å². The normalized spacial score (nSPS) is 16.7. The molecule has 0 aliphatic heterocycles. The van der Waals surface area contributed by atoms with Crippen LogP contribution in [-0.4, -0.2) is 16.9 Å². The van der Waals surface area contributed by atoms with Crippen LogP contribution in [0.2, 0.25) is 0 Å². The van der Waals surface area contributed by atoms with Gasteiger partial charge in [-0.2, -0.15) is 0 Å². The van der Waals surface area contributed by atoms with E-state index in [0.717, 1.165) is 17.8 Å². The van der Waals surface area contributed by atoms with Crippen molar-refractivity contribution in [1.82, 2.24) is 9.88 Å². The van der Waals surface area contributed by atoms with Crippen LogP contribution in [-0.2, 0) is 13.0 Å². The average Bonchev–Trinajstić information content (AvgIpc) is 3.22. The van der Waals surface area contributed by atoms with Crippen molar-refractivity contribution in [3.8, 4) is 11.5 Å². The Kier molecular flexibility index (Phi) is 3.72. The minimum Gasteiger partial charge on any atom is -0.444 e. The Morgan fingerprint density at radius 3 is 2.74 bits per heavy atom. The number of benzene rings is 2. The first-order valence-electron chi connectivity index (χ1n) is 8.09. The molecule has 1 aromatic heterocycles. The van der Waals surface area contributed by atoms with Crippen LogP contribution < -0.4 is 0 Å². The molecule has 1 aliphatic rings. The third-order valence-electron chi connectivity index (χ3n) is 4.62. The van der Waals surface area contributed by atoms with Gasteiger partial charge < -0.3 is 4.42 Å². The molecule has 0 fully saturated rings. The highest BCUT2D eigenvalue weighted by atomic mass is 16.3. The molecule has 3 nitrogen and oxygen atoms in total. The van der Waals surface area contributed by atoms with Crippen molar-refractivity contribution in [3.63, 3.8) is 0 Å². The topological polar surface area (TPSA) is 29.3 Å². The lowest BCUT2D eigenvalue weighted by Crippen LogP contribution is -2.22. The van der Waals surface area contributed by atoms with Crippen LogP contribution in [0.5, 0.6) is 0 Å². The molecule has 0 spiro atoms. The maximum Gasteiger partial charge on any atom is 0.226 e. The van der Waals surface area contributed by atoms with Gasteiger partial charge in [0.1, 0.15) is 6.26 Å². The monoisotopic (exact) mass is 304 g/mol. The number of nitrogens with zero attached hydrogens (tertiary/aromatic N) is 2. The Bertz CT molecular complexity index is 794. The summed E-state index contributed by atoms with van der Waals surface area (Å²) in [6.07, 6.45) is 4.12. The van der Waals surface area contributed by atoms with E-state index in [1.807, 2.05) is 30.3 Å². The van der Waals surface area contributed by atoms with Gasteiger partial charge in [-0.15, -0.1) is 0 Å². The summed E-state index contributed by atoms with van der Waals surface area (Å²) in [4.78, 5) is 7.01. The lowest BCUT2D eigenvalue weighted by molar-refractivity contribution is 0.233. The summed E-state index contributed by atoms with van der Waals surface area (Å²) in [6.45, 7) is 0.801. The van der Waals surface area contributed by atoms with E-state index in [1.165, 1.54) is 24.0 Å². The number of aromatic nitrogens is 1. The van der Waals surface area contributed by atoms with Crippen molar-refractivity contribution in [1.29, 1.82) is 0 Å². The second-order valence-corrected chi connectivity index (χ2v) is 6.18. The van der Waals surface area contributed by atoms with E-state index in [9.17, 15) is 0 Å². The van der Waals surface area contributed by atoms with E-state index >= 15 is 0 Å². The standard InChI is InChI=1S/C20H20N2O/c1-22(19-12-11-15-7-5-6-10-18(15)19)13-17-14-23-20(21-17)16-8-3-2-4-9-16/h2-10,14,19H,11-13H2,1H3. The third kappa shape index (κ3) is 2.80. The summed E-state index contributed by atoms with van der Waals surface area (Å²) < 4.78 is 5.65. The largest absolute Gasteiger partial charge is 0.444 e. The summed E-state index contributed by atoms with van der Waals surface area (Å²) in [5.74, 6) is 0.695. The fourth-order valence-electron chi connectivity index (χ4n) is 3.45. The van der Waals surface area contributed by atoms with Gasteiger partial charge in [-0.1, -0.05) is 42.5 Å². The molecule has 2 aromatic carbocycles. The van der Waals surface area contributed by atoms with Crippen LogP contribution in [0.15, 0.2) is 65.3 Å². The van der Waals surface area contributed by atoms with E-state index in [0.29, 0.717) is 11.9 Å². The van der Waals surface area contributed by atoms with Crippen molar-refractivity contribution in [3.05, 3.63) is 77.7 Å². The highest BCUT2D eigenvalue weighted by molar-refractivity contribution is 5.52. The quantitative estimate of drug-likeness (QED) is 0.712. The smallest absolute Gasteiger partial charge is 0.226 e. The van der Waals surface area contributed by atoms with Crippen LogP contribution in [0.3, 0.4) is 0 Å². The summed E-state index contributed by atoms with van der Waals surface area (Å²) >= 11 is 0. The minimum absolute atomic E-state index is 0.475. The number of oxazole rings is 1. The number of hydrogen-bond donors (Lipinski definition) is 0. The van der Waals surface area contributed by atoms with Gasteiger partial charge in [0.2, 0.25) is 5.89 Å². The van der Waals surface area contributed by atoms with E-state index in [-0.39, 0.29) is 0 Å². The first kappa shape index (κ1) is 14.2. The Balaban J connectivity index is 1.50. The maximum absolute atomic E-state index is 5.65. The minimum atomic E-state index is 0.475. The van der Waals surface area contributed by atoms with Crippen LogP contribution in [0.25, 0.3) is 11.5 Å². The molecular formula is C20H20N2O. The van der Waals surface area contributed by atoms with Crippen molar-refractivity contribution < 1.29 is 4.42 Å². The predicted molar refractivity (Wildman–Crippen MR) is 90.9 cm³/mol. The lowest BCUT2D eigenvalue weighted by atomic mass is 10.1. The number of hydrogen-bond acceptors (Lipinski definition) is 3. The van der Waals surface area contributed by atoms with Crippen LogP contribution in [0.1, 0.15) is 29.3 Å². The summed E-state index contributed by atoms with van der Waals surface area (Å²) in [6, 6.07) is 19.3. The Morgan fingerprint density at radius 2 is 1.87 bits per heavy atom. The molecule has 3 aromatic rings. The molecule has 1 atom stereocenters. The molecule has 4 rings (SSSR count). The van der Waals surface area contributed by atoms with Crippen LogP contribution in [0.4, 0.5) is 0 Å². The summed E-state index contributed by atoms with van der Waals surface area (Å²) in [5.41, 5.74) is 4.94. The van der Waals surface area contributed by atoms with Gasteiger partial charge >= 0.3 is 0 Å². The van der Waals surface area contributed by atoms with Gasteiger partial charge in [0.15, 0.2) is 0 Å². The lowest BCUT2D eigenvalue weighted by Gasteiger charge is -2.24. The van der Waals surface area contributed by atoms with Gasteiger partial charge in [0.05, 0.1) is 5.69 Å². The van der Waals surface area contributed by atoms with Crippen LogP contribution in [0, 0.1) is 0 Å². The van der Waals surface area contributed by atoms with Crippen molar-refractivity contribution in [2.24, 2.45) is 0 Å². The zero-order valence-corrected chi connectivity index (χ0v) is 13.3. The molecule has 3 heteroatoms. The first-order valence-corrected chi connectivity index (χ1v) is 8.09. The molecular weight excluding hydrogens is 284 g/mol. The fraction of sp³-hybridized carbons (Fsp3) is 0.250. The summed E-state index contributed by atoms with van der Waals surface area (Å²) in [7, 11) is 2.17. The van der Waals surface area contributed by atoms with Crippen LogP contribution >= 0.6 is 0 Å². The molecule has 116 valence electrons. The van der Waals surface area contributed by atoms with E-state index in [4.69, 9.17) is 4.42 Å². The second-order valence-electron chi connectivity index (χ2n) is 6.18. The van der Waals surface area contributed by atoms with E-state index < -0.39 is 0 Å². The highest BCUT2D eigenvalue weighted by Crippen LogP contribution is 2.35. The number of aryl methyl sites for hydroxylation is 1. The van der Waals surface area contributed by atoms with Gasteiger partial charge in [0.25, 0.3) is 0 Å². The van der Waals surface area contributed by atoms with Gasteiger partial charge in [-0.05, 0) is 43.1 Å².